The van der Waals surface area contributed by atoms with Gasteiger partial charge in [0.1, 0.15) is 5.75 Å². The minimum atomic E-state index is -0.291. The van der Waals surface area contributed by atoms with E-state index < -0.39 is 0 Å². The molecule has 0 bridgehead atoms. The first-order valence-corrected chi connectivity index (χ1v) is 9.45. The number of esters is 1. The van der Waals surface area contributed by atoms with Crippen LogP contribution in [0, 0.1) is 13.8 Å². The van der Waals surface area contributed by atoms with Gasteiger partial charge in [-0.2, -0.15) is 0 Å². The van der Waals surface area contributed by atoms with Gasteiger partial charge in [0.2, 0.25) is 0 Å². The number of carbonyl (C=O) groups excluding carboxylic acids is 1. The smallest absolute Gasteiger partial charge is 0.308 e. The molecule has 2 atom stereocenters. The second-order valence-electron chi connectivity index (χ2n) is 7.82. The van der Waals surface area contributed by atoms with Crippen molar-refractivity contribution in [3.63, 3.8) is 0 Å². The van der Waals surface area contributed by atoms with Gasteiger partial charge in [-0.15, -0.1) is 0 Å². The van der Waals surface area contributed by atoms with E-state index in [1.54, 1.807) is 0 Å². The van der Waals surface area contributed by atoms with Crippen molar-refractivity contribution < 1.29 is 14.6 Å². The van der Waals surface area contributed by atoms with E-state index in [1.165, 1.54) is 12.5 Å². The Morgan fingerprint density at radius 3 is 2.35 bits per heavy atom. The van der Waals surface area contributed by atoms with Crippen molar-refractivity contribution in [2.24, 2.45) is 0 Å². The minimum Gasteiger partial charge on any atom is -0.426 e. The van der Waals surface area contributed by atoms with Crippen LogP contribution in [-0.4, -0.2) is 84.2 Å². The molecule has 2 heterocycles. The van der Waals surface area contributed by atoms with Gasteiger partial charge in [0, 0.05) is 58.8 Å². The van der Waals surface area contributed by atoms with Crippen molar-refractivity contribution in [1.82, 2.24) is 14.7 Å². The van der Waals surface area contributed by atoms with E-state index in [9.17, 15) is 9.90 Å². The maximum absolute atomic E-state index is 11.3. The number of hydrogen-bond acceptors (Lipinski definition) is 6. The molecule has 6 nitrogen and oxygen atoms in total. The van der Waals surface area contributed by atoms with Crippen molar-refractivity contribution in [2.45, 2.75) is 39.5 Å². The SMILES string of the molecule is CC(=O)Oc1c(C)cc(CN2C[C@H](O)[C@@H](N3CCN(C)CC3)C2)cc1C. The zero-order valence-corrected chi connectivity index (χ0v) is 16.4. The summed E-state index contributed by atoms with van der Waals surface area (Å²) >= 11 is 0. The lowest BCUT2D eigenvalue weighted by atomic mass is 10.1. The summed E-state index contributed by atoms with van der Waals surface area (Å²) in [4.78, 5) is 18.4. The molecular weight excluding hydrogens is 330 g/mol. The van der Waals surface area contributed by atoms with E-state index in [0.717, 1.165) is 50.4 Å². The zero-order chi connectivity index (χ0) is 18.8. The molecule has 2 saturated heterocycles. The average Bonchev–Trinajstić information content (AvgIpc) is 2.92. The summed E-state index contributed by atoms with van der Waals surface area (Å²) in [6.45, 7) is 12.0. The van der Waals surface area contributed by atoms with Gasteiger partial charge in [-0.1, -0.05) is 12.1 Å². The van der Waals surface area contributed by atoms with Crippen molar-refractivity contribution in [3.05, 3.63) is 28.8 Å². The highest BCUT2D eigenvalue weighted by Gasteiger charge is 2.36. The molecular formula is C20H31N3O3. The van der Waals surface area contributed by atoms with Gasteiger partial charge in [0.05, 0.1) is 6.10 Å². The van der Waals surface area contributed by atoms with Gasteiger partial charge in [-0.05, 0) is 37.6 Å². The number of ether oxygens (including phenoxy) is 1. The summed E-state index contributed by atoms with van der Waals surface area (Å²) in [5, 5.41) is 10.6. The summed E-state index contributed by atoms with van der Waals surface area (Å²) in [5.41, 5.74) is 3.15. The quantitative estimate of drug-likeness (QED) is 0.638. The Bertz CT molecular complexity index is 633. The van der Waals surface area contributed by atoms with Gasteiger partial charge in [0.25, 0.3) is 0 Å². The molecule has 2 fully saturated rings. The molecule has 2 aliphatic heterocycles. The molecule has 0 radical (unpaired) electrons. The molecule has 0 unspecified atom stereocenters. The largest absolute Gasteiger partial charge is 0.426 e. The Kier molecular flexibility index (Phi) is 5.97. The first-order chi connectivity index (χ1) is 12.3. The van der Waals surface area contributed by atoms with Crippen LogP contribution in [-0.2, 0) is 11.3 Å². The number of aliphatic hydroxyl groups is 1. The van der Waals surface area contributed by atoms with Gasteiger partial charge >= 0.3 is 5.97 Å². The van der Waals surface area contributed by atoms with Crippen molar-refractivity contribution in [3.8, 4) is 5.75 Å². The molecule has 0 spiro atoms. The fraction of sp³-hybridized carbons (Fsp3) is 0.650. The lowest BCUT2D eigenvalue weighted by Crippen LogP contribution is -2.52. The van der Waals surface area contributed by atoms with E-state index in [4.69, 9.17) is 4.74 Å². The number of piperazine rings is 1. The van der Waals surface area contributed by atoms with Gasteiger partial charge < -0.3 is 14.7 Å². The zero-order valence-electron chi connectivity index (χ0n) is 16.4. The van der Waals surface area contributed by atoms with E-state index in [1.807, 2.05) is 13.8 Å². The summed E-state index contributed by atoms with van der Waals surface area (Å²) in [6, 6.07) is 4.40. The Labute approximate surface area is 156 Å². The van der Waals surface area contributed by atoms with E-state index in [0.29, 0.717) is 12.3 Å². The van der Waals surface area contributed by atoms with E-state index in [-0.39, 0.29) is 18.1 Å². The van der Waals surface area contributed by atoms with Crippen molar-refractivity contribution in [2.75, 3.05) is 46.3 Å². The second-order valence-corrected chi connectivity index (χ2v) is 7.82. The first kappa shape index (κ1) is 19.3. The number of benzene rings is 1. The number of nitrogens with zero attached hydrogens (tertiary/aromatic N) is 3. The fourth-order valence-electron chi connectivity index (χ4n) is 4.18. The average molecular weight is 361 g/mol. The maximum atomic E-state index is 11.3. The van der Waals surface area contributed by atoms with Crippen LogP contribution in [0.1, 0.15) is 23.6 Å². The number of β-amino-alcohol motifs (C(OH)–C–C–N with tert-alkyl or cyclic N) is 1. The van der Waals surface area contributed by atoms with Gasteiger partial charge in [-0.3, -0.25) is 14.6 Å². The predicted molar refractivity (Wildman–Crippen MR) is 101 cm³/mol. The highest BCUT2D eigenvalue weighted by molar-refractivity contribution is 5.70. The lowest BCUT2D eigenvalue weighted by molar-refractivity contribution is -0.131. The molecule has 1 aromatic carbocycles. The molecule has 0 aromatic heterocycles. The Morgan fingerprint density at radius 2 is 1.77 bits per heavy atom. The van der Waals surface area contributed by atoms with Crippen LogP contribution < -0.4 is 4.74 Å². The fourth-order valence-corrected chi connectivity index (χ4v) is 4.18. The molecule has 1 aromatic rings. The predicted octanol–water partition coefficient (Wildman–Crippen LogP) is 1.02. The van der Waals surface area contributed by atoms with E-state index >= 15 is 0 Å². The molecule has 0 saturated carbocycles. The standard InChI is InChI=1S/C20H31N3O3/c1-14-9-17(10-15(2)20(14)26-16(3)24)11-22-12-18(19(25)13-22)23-7-5-21(4)6-8-23/h9-10,18-19,25H,5-8,11-13H2,1-4H3/t18-,19-/m0/s1. The van der Waals surface area contributed by atoms with E-state index in [2.05, 4.69) is 33.9 Å². The summed E-state index contributed by atoms with van der Waals surface area (Å²) in [5.74, 6) is 0.375. The highest BCUT2D eigenvalue weighted by Crippen LogP contribution is 2.27. The lowest BCUT2D eigenvalue weighted by Gasteiger charge is -2.37. The summed E-state index contributed by atoms with van der Waals surface area (Å²) in [6.07, 6.45) is -0.291. The Balaban J connectivity index is 1.64. The Morgan fingerprint density at radius 1 is 1.15 bits per heavy atom. The van der Waals surface area contributed by atoms with Crippen LogP contribution in [0.2, 0.25) is 0 Å². The number of likely N-dealkylation sites (tertiary alicyclic amines) is 1. The van der Waals surface area contributed by atoms with Gasteiger partial charge in [0.15, 0.2) is 0 Å². The molecule has 0 aliphatic carbocycles. The molecule has 2 aliphatic rings. The molecule has 0 amide bonds. The van der Waals surface area contributed by atoms with Crippen LogP contribution in [0.25, 0.3) is 0 Å². The van der Waals surface area contributed by atoms with Crippen LogP contribution in [0.4, 0.5) is 0 Å². The topological polar surface area (TPSA) is 56.2 Å². The number of likely N-dealkylation sites (N-methyl/N-ethyl adjacent to an activating group) is 1. The summed E-state index contributed by atoms with van der Waals surface area (Å²) < 4.78 is 5.32. The number of hydrogen-bond donors (Lipinski definition) is 1. The normalized spacial score (nSPS) is 25.6. The Hall–Kier alpha value is -1.47. The third-order valence-electron chi connectivity index (χ3n) is 5.51. The molecule has 26 heavy (non-hydrogen) atoms. The third kappa shape index (κ3) is 4.43. The van der Waals surface area contributed by atoms with Crippen LogP contribution >= 0.6 is 0 Å². The maximum Gasteiger partial charge on any atom is 0.308 e. The monoisotopic (exact) mass is 361 g/mol. The molecule has 1 N–H and O–H groups in total. The number of carbonyl (C=O) groups is 1. The molecule has 6 heteroatoms. The van der Waals surface area contributed by atoms with Crippen molar-refractivity contribution in [1.29, 1.82) is 0 Å². The number of aliphatic hydroxyl groups excluding tert-OH is 1. The minimum absolute atomic E-state index is 0.228. The van der Waals surface area contributed by atoms with Crippen molar-refractivity contribution >= 4 is 5.97 Å². The molecule has 3 rings (SSSR count). The van der Waals surface area contributed by atoms with Gasteiger partial charge in [-0.25, -0.2) is 0 Å². The van der Waals surface area contributed by atoms with Crippen LogP contribution in [0.15, 0.2) is 12.1 Å². The van der Waals surface area contributed by atoms with Crippen LogP contribution in [0.3, 0.4) is 0 Å². The number of aryl methyl sites for hydroxylation is 2. The number of rotatable bonds is 4. The summed E-state index contributed by atoms with van der Waals surface area (Å²) in [7, 11) is 2.15. The molecule has 144 valence electrons. The second kappa shape index (κ2) is 8.05. The van der Waals surface area contributed by atoms with Crippen LogP contribution in [0.5, 0.6) is 5.75 Å². The highest BCUT2D eigenvalue weighted by atomic mass is 16.5. The first-order valence-electron chi connectivity index (χ1n) is 9.45. The third-order valence-corrected chi connectivity index (χ3v) is 5.51.